The minimum Gasteiger partial charge on any atom is -0.491 e. The van der Waals surface area contributed by atoms with Gasteiger partial charge in [-0.1, -0.05) is 43.7 Å². The number of carbonyl (C=O) groups is 2. The Labute approximate surface area is 197 Å². The molecule has 1 aliphatic heterocycles. The number of fused-ring (bicyclic) bond motifs is 1. The van der Waals surface area contributed by atoms with Crippen molar-refractivity contribution in [1.29, 1.82) is 0 Å². The van der Waals surface area contributed by atoms with Gasteiger partial charge in [0.1, 0.15) is 12.4 Å². The van der Waals surface area contributed by atoms with Gasteiger partial charge >= 0.3 is 0 Å². The lowest BCUT2D eigenvalue weighted by atomic mass is 10.0. The highest BCUT2D eigenvalue weighted by atomic mass is 16.5. The van der Waals surface area contributed by atoms with Gasteiger partial charge in [-0.2, -0.15) is 0 Å². The molecule has 6 nitrogen and oxygen atoms in total. The number of benzene rings is 2. The van der Waals surface area contributed by atoms with Crippen molar-refractivity contribution < 1.29 is 14.3 Å². The second-order valence-corrected chi connectivity index (χ2v) is 9.02. The van der Waals surface area contributed by atoms with Gasteiger partial charge < -0.3 is 19.9 Å². The molecule has 1 aliphatic rings. The van der Waals surface area contributed by atoms with E-state index in [-0.39, 0.29) is 30.3 Å². The molecule has 2 amide bonds. The van der Waals surface area contributed by atoms with Crippen molar-refractivity contribution in [2.24, 2.45) is 5.92 Å². The second kappa shape index (κ2) is 11.7. The van der Waals surface area contributed by atoms with Gasteiger partial charge in [0, 0.05) is 25.3 Å². The summed E-state index contributed by atoms with van der Waals surface area (Å²) in [5.74, 6) is 0.861. The van der Waals surface area contributed by atoms with Crippen LogP contribution in [0, 0.1) is 12.8 Å². The number of nitrogens with zero attached hydrogens (tertiary/aromatic N) is 2. The van der Waals surface area contributed by atoms with Gasteiger partial charge in [0.25, 0.3) is 5.91 Å². The van der Waals surface area contributed by atoms with E-state index in [1.165, 1.54) is 5.56 Å². The van der Waals surface area contributed by atoms with E-state index in [2.05, 4.69) is 19.2 Å². The Hall–Kier alpha value is -3.02. The fourth-order valence-electron chi connectivity index (χ4n) is 4.17. The highest BCUT2D eigenvalue weighted by Crippen LogP contribution is 2.23. The molecule has 1 N–H and O–H groups in total. The number of amides is 2. The molecule has 0 saturated carbocycles. The standard InChI is InChI=1S/C27H37N3O3/c1-5-29-16-8-9-17-30(26(31)18-28-22-14-12-21(4)13-15-22)24(20(2)3)19-33-25-11-7-6-10-23(25)27(29)32/h6-7,10-15,20,24,28H,5,8-9,16-19H2,1-4H3/t24-/m1/s1. The lowest BCUT2D eigenvalue weighted by molar-refractivity contribution is -0.133. The highest BCUT2D eigenvalue weighted by molar-refractivity contribution is 5.97. The van der Waals surface area contributed by atoms with Crippen molar-refractivity contribution in [3.63, 3.8) is 0 Å². The molecular formula is C27H37N3O3. The molecule has 2 aromatic rings. The molecule has 0 radical (unpaired) electrons. The minimum absolute atomic E-state index is 0.00463. The van der Waals surface area contributed by atoms with Gasteiger partial charge in [-0.05, 0) is 56.9 Å². The number of aryl methyl sites for hydroxylation is 1. The van der Waals surface area contributed by atoms with Crippen LogP contribution in [-0.4, -0.2) is 60.4 Å². The maximum atomic E-state index is 13.3. The number of rotatable bonds is 5. The van der Waals surface area contributed by atoms with Crippen LogP contribution in [0.2, 0.25) is 0 Å². The molecule has 1 heterocycles. The monoisotopic (exact) mass is 451 g/mol. The largest absolute Gasteiger partial charge is 0.491 e. The van der Waals surface area contributed by atoms with Crippen molar-refractivity contribution >= 4 is 17.5 Å². The number of carbonyl (C=O) groups excluding carboxylic acids is 2. The first-order valence-electron chi connectivity index (χ1n) is 12.0. The Morgan fingerprint density at radius 2 is 1.79 bits per heavy atom. The lowest BCUT2D eigenvalue weighted by Crippen LogP contribution is -2.49. The van der Waals surface area contributed by atoms with Crippen molar-refractivity contribution in [3.8, 4) is 5.75 Å². The third-order valence-electron chi connectivity index (χ3n) is 6.26. The van der Waals surface area contributed by atoms with Crippen LogP contribution < -0.4 is 10.1 Å². The average Bonchev–Trinajstić information content (AvgIpc) is 2.81. The van der Waals surface area contributed by atoms with E-state index in [9.17, 15) is 9.59 Å². The van der Waals surface area contributed by atoms with E-state index in [0.717, 1.165) is 18.5 Å². The molecule has 2 aromatic carbocycles. The van der Waals surface area contributed by atoms with Gasteiger partial charge in [-0.3, -0.25) is 9.59 Å². The number of nitrogens with one attached hydrogen (secondary N) is 1. The maximum Gasteiger partial charge on any atom is 0.257 e. The molecule has 3 rings (SSSR count). The molecule has 178 valence electrons. The Morgan fingerprint density at radius 1 is 1.09 bits per heavy atom. The number of para-hydroxylation sites is 1. The summed E-state index contributed by atoms with van der Waals surface area (Å²) < 4.78 is 6.19. The zero-order valence-electron chi connectivity index (χ0n) is 20.3. The Balaban J connectivity index is 1.80. The third-order valence-corrected chi connectivity index (χ3v) is 6.26. The fourth-order valence-corrected chi connectivity index (χ4v) is 4.17. The minimum atomic E-state index is -0.0813. The van der Waals surface area contributed by atoms with E-state index in [0.29, 0.717) is 37.6 Å². The number of hydrogen-bond donors (Lipinski definition) is 1. The van der Waals surface area contributed by atoms with Crippen LogP contribution in [0.4, 0.5) is 5.69 Å². The van der Waals surface area contributed by atoms with Crippen LogP contribution in [0.15, 0.2) is 48.5 Å². The van der Waals surface area contributed by atoms with E-state index < -0.39 is 0 Å². The van der Waals surface area contributed by atoms with Crippen LogP contribution in [0.1, 0.15) is 49.5 Å². The maximum absolute atomic E-state index is 13.3. The number of ether oxygens (including phenoxy) is 1. The number of anilines is 1. The molecule has 0 unspecified atom stereocenters. The molecule has 0 spiro atoms. The summed E-state index contributed by atoms with van der Waals surface area (Å²) in [4.78, 5) is 30.2. The van der Waals surface area contributed by atoms with Gasteiger partial charge in [-0.15, -0.1) is 0 Å². The average molecular weight is 452 g/mol. The smallest absolute Gasteiger partial charge is 0.257 e. The first kappa shape index (κ1) is 24.6. The molecule has 0 saturated heterocycles. The first-order valence-corrected chi connectivity index (χ1v) is 12.0. The fraction of sp³-hybridized carbons (Fsp3) is 0.481. The highest BCUT2D eigenvalue weighted by Gasteiger charge is 2.28. The van der Waals surface area contributed by atoms with E-state index >= 15 is 0 Å². The first-order chi connectivity index (χ1) is 15.9. The zero-order valence-corrected chi connectivity index (χ0v) is 20.3. The van der Waals surface area contributed by atoms with Crippen LogP contribution >= 0.6 is 0 Å². The summed E-state index contributed by atoms with van der Waals surface area (Å²) in [5.41, 5.74) is 2.71. The topological polar surface area (TPSA) is 61.9 Å². The molecule has 0 fully saturated rings. The van der Waals surface area contributed by atoms with Gasteiger partial charge in [0.15, 0.2) is 0 Å². The molecule has 0 aromatic heterocycles. The van der Waals surface area contributed by atoms with Gasteiger partial charge in [-0.25, -0.2) is 0 Å². The molecule has 0 aliphatic carbocycles. The lowest BCUT2D eigenvalue weighted by Gasteiger charge is -2.35. The van der Waals surface area contributed by atoms with Crippen LogP contribution in [0.5, 0.6) is 5.75 Å². The van der Waals surface area contributed by atoms with Crippen molar-refractivity contribution in [1.82, 2.24) is 9.80 Å². The van der Waals surface area contributed by atoms with E-state index in [1.807, 2.05) is 72.2 Å². The van der Waals surface area contributed by atoms with Crippen LogP contribution in [-0.2, 0) is 4.79 Å². The van der Waals surface area contributed by atoms with Crippen molar-refractivity contribution in [2.75, 3.05) is 38.1 Å². The van der Waals surface area contributed by atoms with Crippen molar-refractivity contribution in [3.05, 3.63) is 59.7 Å². The molecular weight excluding hydrogens is 414 g/mol. The predicted octanol–water partition coefficient (Wildman–Crippen LogP) is 4.60. The van der Waals surface area contributed by atoms with Gasteiger partial charge in [0.05, 0.1) is 18.2 Å². The summed E-state index contributed by atoms with van der Waals surface area (Å²) >= 11 is 0. The van der Waals surface area contributed by atoms with E-state index in [4.69, 9.17) is 4.74 Å². The molecule has 1 atom stereocenters. The normalized spacial score (nSPS) is 17.6. The summed E-state index contributed by atoms with van der Waals surface area (Å²) in [6.45, 7) is 10.8. The molecule has 6 heteroatoms. The van der Waals surface area contributed by atoms with Crippen LogP contribution in [0.25, 0.3) is 0 Å². The summed E-state index contributed by atoms with van der Waals surface area (Å²) in [6.07, 6.45) is 1.69. The quantitative estimate of drug-likeness (QED) is 0.722. The van der Waals surface area contributed by atoms with Crippen molar-refractivity contribution in [2.45, 2.75) is 46.6 Å². The third kappa shape index (κ3) is 6.50. The Morgan fingerprint density at radius 3 is 2.48 bits per heavy atom. The summed E-state index contributed by atoms with van der Waals surface area (Å²) in [7, 11) is 0. The Bertz CT molecular complexity index is 926. The van der Waals surface area contributed by atoms with Gasteiger partial charge in [0.2, 0.25) is 5.91 Å². The van der Waals surface area contributed by atoms with E-state index in [1.54, 1.807) is 0 Å². The zero-order chi connectivity index (χ0) is 23.8. The molecule has 33 heavy (non-hydrogen) atoms. The number of hydrogen-bond acceptors (Lipinski definition) is 4. The second-order valence-electron chi connectivity index (χ2n) is 9.02. The summed E-state index contributed by atoms with van der Waals surface area (Å²) in [5, 5.41) is 3.27. The predicted molar refractivity (Wildman–Crippen MR) is 133 cm³/mol. The summed E-state index contributed by atoms with van der Waals surface area (Å²) in [6, 6.07) is 15.4. The molecule has 0 bridgehead atoms. The SMILES string of the molecule is CCN1CCCCN(C(=O)CNc2ccc(C)cc2)[C@@H](C(C)C)COc2ccccc2C1=O. The van der Waals surface area contributed by atoms with Crippen LogP contribution in [0.3, 0.4) is 0 Å². The Kier molecular flexibility index (Phi) is 8.75.